The zero-order valence-corrected chi connectivity index (χ0v) is 14.2. The van der Waals surface area contributed by atoms with Crippen LogP contribution in [0.5, 0.6) is 0 Å². The number of esters is 1. The van der Waals surface area contributed by atoms with Crippen molar-refractivity contribution < 1.29 is 28.8 Å². The zero-order valence-electron chi connectivity index (χ0n) is 14.2. The molecule has 3 amide bonds. The van der Waals surface area contributed by atoms with E-state index in [1.165, 1.54) is 12.1 Å². The fourth-order valence-corrected chi connectivity index (χ4v) is 2.35. The Hall–Kier alpha value is -3.30. The molecule has 1 N–H and O–H groups in total. The van der Waals surface area contributed by atoms with Gasteiger partial charge in [0.25, 0.3) is 23.4 Å². The first-order chi connectivity index (χ1) is 12.3. The number of imide groups is 1. The van der Waals surface area contributed by atoms with Gasteiger partial charge in [-0.25, -0.2) is 0 Å². The minimum Gasteiger partial charge on any atom is -0.454 e. The van der Waals surface area contributed by atoms with Gasteiger partial charge in [0.1, 0.15) is 12.1 Å². The number of fused-ring (bicyclic) bond motifs is 1. The maximum Gasteiger partial charge on any atom is 0.326 e. The molecule has 1 aliphatic rings. The molecule has 0 saturated carbocycles. The molecule has 0 bridgehead atoms. The van der Waals surface area contributed by atoms with Gasteiger partial charge in [0, 0.05) is 12.1 Å². The van der Waals surface area contributed by atoms with Gasteiger partial charge in [0.2, 0.25) is 0 Å². The van der Waals surface area contributed by atoms with Crippen molar-refractivity contribution in [1.82, 2.24) is 10.2 Å². The van der Waals surface area contributed by atoms with E-state index in [9.17, 15) is 29.3 Å². The van der Waals surface area contributed by atoms with Crippen LogP contribution in [-0.4, -0.2) is 52.7 Å². The van der Waals surface area contributed by atoms with Gasteiger partial charge >= 0.3 is 5.97 Å². The van der Waals surface area contributed by atoms with Crippen LogP contribution < -0.4 is 5.32 Å². The summed E-state index contributed by atoms with van der Waals surface area (Å²) >= 11 is 0. The molecule has 1 aromatic carbocycles. The lowest BCUT2D eigenvalue weighted by atomic mass is 10.1. The van der Waals surface area contributed by atoms with E-state index in [4.69, 9.17) is 4.74 Å². The molecule has 10 heteroatoms. The highest BCUT2D eigenvalue weighted by molar-refractivity contribution is 6.24. The number of hydrogen-bond acceptors (Lipinski definition) is 7. The standard InChI is InChI=1S/C16H17N3O7/c1-3-9(2)17-12(20)8-26-13(21)7-18-15(22)10-5-4-6-11(19(24)25)14(10)16(18)23/h4-6,9H,3,7-8H2,1-2H3,(H,17,20)/t9-/m0/s1. The number of ether oxygens (including phenoxy) is 1. The van der Waals surface area contributed by atoms with Crippen LogP contribution in [0.3, 0.4) is 0 Å². The first-order valence-electron chi connectivity index (χ1n) is 7.84. The largest absolute Gasteiger partial charge is 0.454 e. The minimum atomic E-state index is -0.971. The van der Waals surface area contributed by atoms with Crippen LogP contribution in [-0.2, 0) is 14.3 Å². The number of nitro groups is 1. The van der Waals surface area contributed by atoms with Gasteiger partial charge in [-0.05, 0) is 19.4 Å². The number of amides is 3. The smallest absolute Gasteiger partial charge is 0.326 e. The molecule has 10 nitrogen and oxygen atoms in total. The Kier molecular flexibility index (Phi) is 5.65. The van der Waals surface area contributed by atoms with Gasteiger partial charge in [-0.1, -0.05) is 13.0 Å². The molecule has 1 aromatic rings. The first kappa shape index (κ1) is 19.0. The number of benzene rings is 1. The van der Waals surface area contributed by atoms with E-state index in [0.717, 1.165) is 6.07 Å². The van der Waals surface area contributed by atoms with Crippen LogP contribution in [0.4, 0.5) is 5.69 Å². The molecule has 0 fully saturated rings. The van der Waals surface area contributed by atoms with Crippen molar-refractivity contribution in [1.29, 1.82) is 0 Å². The summed E-state index contributed by atoms with van der Waals surface area (Å²) in [7, 11) is 0. The molecule has 0 unspecified atom stereocenters. The maximum absolute atomic E-state index is 12.3. The molecule has 0 radical (unpaired) electrons. The molecule has 26 heavy (non-hydrogen) atoms. The van der Waals surface area contributed by atoms with E-state index in [1.807, 2.05) is 6.92 Å². The van der Waals surface area contributed by atoms with E-state index >= 15 is 0 Å². The monoisotopic (exact) mass is 363 g/mol. The van der Waals surface area contributed by atoms with Gasteiger partial charge in [-0.2, -0.15) is 0 Å². The number of hydrogen-bond donors (Lipinski definition) is 1. The summed E-state index contributed by atoms with van der Waals surface area (Å²) in [6, 6.07) is 3.57. The lowest BCUT2D eigenvalue weighted by molar-refractivity contribution is -0.385. The SMILES string of the molecule is CC[C@H](C)NC(=O)COC(=O)CN1C(=O)c2cccc([N+](=O)[O-])c2C1=O. The fraction of sp³-hybridized carbons (Fsp3) is 0.375. The third-order valence-electron chi connectivity index (χ3n) is 3.84. The van der Waals surface area contributed by atoms with Crippen LogP contribution in [0.25, 0.3) is 0 Å². The van der Waals surface area contributed by atoms with Crippen LogP contribution >= 0.6 is 0 Å². The predicted octanol–water partition coefficient (Wildman–Crippen LogP) is 0.649. The van der Waals surface area contributed by atoms with Crippen LogP contribution in [0, 0.1) is 10.1 Å². The Labute approximate surface area is 148 Å². The number of rotatable bonds is 7. The molecule has 0 aromatic heterocycles. The molecule has 1 heterocycles. The van der Waals surface area contributed by atoms with Gasteiger partial charge in [0.05, 0.1) is 10.5 Å². The molecule has 2 rings (SSSR count). The van der Waals surface area contributed by atoms with E-state index < -0.39 is 47.5 Å². The number of nitro benzene ring substituents is 1. The summed E-state index contributed by atoms with van der Waals surface area (Å²) < 4.78 is 4.75. The van der Waals surface area contributed by atoms with Gasteiger partial charge in [-0.3, -0.25) is 34.2 Å². The van der Waals surface area contributed by atoms with E-state index in [2.05, 4.69) is 5.32 Å². The second-order valence-corrected chi connectivity index (χ2v) is 5.69. The van der Waals surface area contributed by atoms with E-state index in [0.29, 0.717) is 11.3 Å². The van der Waals surface area contributed by atoms with E-state index in [1.54, 1.807) is 6.92 Å². The minimum absolute atomic E-state index is 0.0852. The van der Waals surface area contributed by atoms with Crippen molar-refractivity contribution in [2.45, 2.75) is 26.3 Å². The topological polar surface area (TPSA) is 136 Å². The average molecular weight is 363 g/mol. The molecule has 138 valence electrons. The van der Waals surface area contributed by atoms with Crippen LogP contribution in [0.15, 0.2) is 18.2 Å². The number of nitrogens with zero attached hydrogens (tertiary/aromatic N) is 2. The van der Waals surface area contributed by atoms with Crippen molar-refractivity contribution in [3.8, 4) is 0 Å². The molecule has 0 spiro atoms. The normalized spacial score (nSPS) is 14.0. The molecular weight excluding hydrogens is 346 g/mol. The predicted molar refractivity (Wildman–Crippen MR) is 87.3 cm³/mol. The Bertz CT molecular complexity index is 790. The lowest BCUT2D eigenvalue weighted by Crippen LogP contribution is -2.38. The Morgan fingerprint density at radius 2 is 2.00 bits per heavy atom. The van der Waals surface area contributed by atoms with Crippen LogP contribution in [0.1, 0.15) is 41.0 Å². The third-order valence-corrected chi connectivity index (χ3v) is 3.84. The van der Waals surface area contributed by atoms with Gasteiger partial charge in [-0.15, -0.1) is 0 Å². The molecule has 0 saturated heterocycles. The quantitative estimate of drug-likeness (QED) is 0.325. The summed E-state index contributed by atoms with van der Waals surface area (Å²) in [5, 5.41) is 13.6. The number of carbonyl (C=O) groups is 4. The number of nitrogens with one attached hydrogen (secondary N) is 1. The highest BCUT2D eigenvalue weighted by Crippen LogP contribution is 2.30. The highest BCUT2D eigenvalue weighted by atomic mass is 16.6. The van der Waals surface area contributed by atoms with Crippen molar-refractivity contribution in [2.24, 2.45) is 0 Å². The lowest BCUT2D eigenvalue weighted by Gasteiger charge is -2.14. The van der Waals surface area contributed by atoms with Crippen molar-refractivity contribution in [3.05, 3.63) is 39.4 Å². The van der Waals surface area contributed by atoms with Crippen LogP contribution in [0.2, 0.25) is 0 Å². The summed E-state index contributed by atoms with van der Waals surface area (Å²) in [6.07, 6.45) is 0.702. The highest BCUT2D eigenvalue weighted by Gasteiger charge is 2.41. The van der Waals surface area contributed by atoms with E-state index in [-0.39, 0.29) is 17.2 Å². The summed E-state index contributed by atoms with van der Waals surface area (Å²) in [5.74, 6) is -3.25. The third kappa shape index (κ3) is 3.85. The second-order valence-electron chi connectivity index (χ2n) is 5.69. The van der Waals surface area contributed by atoms with Gasteiger partial charge in [0.15, 0.2) is 6.61 Å². The first-order valence-corrected chi connectivity index (χ1v) is 7.84. The number of carbonyl (C=O) groups excluding carboxylic acids is 4. The molecule has 0 aliphatic carbocycles. The summed E-state index contributed by atoms with van der Waals surface area (Å²) in [5.41, 5.74) is -1.01. The molecular formula is C16H17N3O7. The Morgan fingerprint density at radius 3 is 2.62 bits per heavy atom. The fourth-order valence-electron chi connectivity index (χ4n) is 2.35. The summed E-state index contributed by atoms with van der Waals surface area (Å²) in [4.78, 5) is 58.8. The van der Waals surface area contributed by atoms with Crippen molar-refractivity contribution in [3.63, 3.8) is 0 Å². The zero-order chi connectivity index (χ0) is 19.4. The second kappa shape index (κ2) is 7.72. The average Bonchev–Trinajstić information content (AvgIpc) is 2.84. The molecule has 1 aliphatic heterocycles. The van der Waals surface area contributed by atoms with Gasteiger partial charge < -0.3 is 10.1 Å². The summed E-state index contributed by atoms with van der Waals surface area (Å²) in [6.45, 7) is 2.37. The van der Waals surface area contributed by atoms with Crippen molar-refractivity contribution >= 4 is 29.4 Å². The Balaban J connectivity index is 2.03. The Morgan fingerprint density at radius 1 is 1.31 bits per heavy atom. The molecule has 1 atom stereocenters. The maximum atomic E-state index is 12.3. The van der Waals surface area contributed by atoms with Crippen molar-refractivity contribution in [2.75, 3.05) is 13.2 Å².